The molecule has 0 saturated carbocycles. The van der Waals surface area contributed by atoms with Crippen molar-refractivity contribution in [2.75, 3.05) is 6.54 Å². The van der Waals surface area contributed by atoms with E-state index in [1.807, 2.05) is 0 Å². The third-order valence-corrected chi connectivity index (χ3v) is 2.14. The van der Waals surface area contributed by atoms with Gasteiger partial charge in [0.1, 0.15) is 13.1 Å². The van der Waals surface area contributed by atoms with Crippen LogP contribution in [0, 0.1) is 0 Å². The molecule has 1 N–H and O–H groups in total. The molecule has 0 spiro atoms. The van der Waals surface area contributed by atoms with E-state index in [-0.39, 0.29) is 4.87 Å². The van der Waals surface area contributed by atoms with Crippen LogP contribution in [-0.4, -0.2) is 23.2 Å². The molecule has 0 aliphatic rings. The van der Waals surface area contributed by atoms with Gasteiger partial charge in [-0.2, -0.15) is 13.2 Å². The number of carbonyl (C=O) groups is 1. The smallest absolute Gasteiger partial charge is 0.345 e. The first-order valence-electron chi connectivity index (χ1n) is 3.86. The largest absolute Gasteiger partial charge is 0.405 e. The number of hydrogen-bond acceptors (Lipinski definition) is 3. The molecule has 84 valence electrons. The van der Waals surface area contributed by atoms with Gasteiger partial charge in [0.2, 0.25) is 5.91 Å². The van der Waals surface area contributed by atoms with Gasteiger partial charge in [0.25, 0.3) is 0 Å². The zero-order chi connectivity index (χ0) is 11.5. The standard InChI is InChI=1S/C7H7F3N2O2S/c8-7(9,10)4-11-5(13)3-12-1-2-15-6(12)14/h1-2H,3-4H2,(H,11,13). The fourth-order valence-electron chi connectivity index (χ4n) is 0.817. The second kappa shape index (κ2) is 4.47. The van der Waals surface area contributed by atoms with E-state index in [0.717, 1.165) is 15.9 Å². The minimum Gasteiger partial charge on any atom is -0.345 e. The molecule has 0 aliphatic heterocycles. The average molecular weight is 240 g/mol. The Kier molecular flexibility index (Phi) is 3.51. The second-order valence-electron chi connectivity index (χ2n) is 2.69. The number of nitrogens with one attached hydrogen (secondary N) is 1. The van der Waals surface area contributed by atoms with Gasteiger partial charge in [-0.05, 0) is 0 Å². The summed E-state index contributed by atoms with van der Waals surface area (Å²) in [7, 11) is 0. The van der Waals surface area contributed by atoms with E-state index in [9.17, 15) is 22.8 Å². The Balaban J connectivity index is 2.44. The average Bonchev–Trinajstić information content (AvgIpc) is 2.47. The first-order chi connectivity index (χ1) is 6.88. The maximum absolute atomic E-state index is 11.7. The number of thiazole rings is 1. The van der Waals surface area contributed by atoms with Gasteiger partial charge in [-0.3, -0.25) is 14.2 Å². The van der Waals surface area contributed by atoms with Gasteiger partial charge < -0.3 is 5.32 Å². The van der Waals surface area contributed by atoms with Crippen LogP contribution in [0.25, 0.3) is 0 Å². The summed E-state index contributed by atoms with van der Waals surface area (Å²) < 4.78 is 36.1. The zero-order valence-electron chi connectivity index (χ0n) is 7.37. The number of amides is 1. The third kappa shape index (κ3) is 4.15. The van der Waals surface area contributed by atoms with Gasteiger partial charge in [-0.15, -0.1) is 0 Å². The molecule has 0 radical (unpaired) electrons. The van der Waals surface area contributed by atoms with E-state index in [4.69, 9.17) is 0 Å². The monoisotopic (exact) mass is 240 g/mol. The van der Waals surface area contributed by atoms with E-state index in [2.05, 4.69) is 0 Å². The van der Waals surface area contributed by atoms with Gasteiger partial charge in [0.15, 0.2) is 0 Å². The number of halogens is 3. The van der Waals surface area contributed by atoms with Crippen LogP contribution in [-0.2, 0) is 11.3 Å². The van der Waals surface area contributed by atoms with E-state index in [1.165, 1.54) is 11.6 Å². The lowest BCUT2D eigenvalue weighted by Gasteiger charge is -2.07. The minimum atomic E-state index is -4.44. The van der Waals surface area contributed by atoms with Crippen molar-refractivity contribution >= 4 is 17.2 Å². The molecule has 15 heavy (non-hydrogen) atoms. The molecule has 0 unspecified atom stereocenters. The number of aromatic nitrogens is 1. The van der Waals surface area contributed by atoms with Crippen molar-refractivity contribution in [3.05, 3.63) is 21.2 Å². The van der Waals surface area contributed by atoms with E-state index >= 15 is 0 Å². The van der Waals surface area contributed by atoms with Crippen molar-refractivity contribution in [3.8, 4) is 0 Å². The normalized spacial score (nSPS) is 11.4. The summed E-state index contributed by atoms with van der Waals surface area (Å²) in [5.74, 6) is -0.840. The van der Waals surface area contributed by atoms with Crippen LogP contribution in [0.4, 0.5) is 13.2 Å². The summed E-state index contributed by atoms with van der Waals surface area (Å²) in [6.45, 7) is -1.77. The van der Waals surface area contributed by atoms with Crippen LogP contribution in [0.5, 0.6) is 0 Å². The number of rotatable bonds is 3. The molecule has 8 heteroatoms. The highest BCUT2D eigenvalue weighted by Crippen LogP contribution is 2.11. The maximum Gasteiger partial charge on any atom is 0.405 e. The zero-order valence-corrected chi connectivity index (χ0v) is 8.19. The number of nitrogens with zero attached hydrogens (tertiary/aromatic N) is 1. The second-order valence-corrected chi connectivity index (χ2v) is 3.55. The number of carbonyl (C=O) groups excluding carboxylic acids is 1. The molecular weight excluding hydrogens is 233 g/mol. The Morgan fingerprint density at radius 2 is 2.20 bits per heavy atom. The highest BCUT2D eigenvalue weighted by Gasteiger charge is 2.27. The van der Waals surface area contributed by atoms with E-state index < -0.39 is 25.2 Å². The van der Waals surface area contributed by atoms with Crippen molar-refractivity contribution in [1.29, 1.82) is 0 Å². The van der Waals surface area contributed by atoms with Gasteiger partial charge in [-0.25, -0.2) is 0 Å². The summed E-state index contributed by atoms with van der Waals surface area (Å²) in [6.07, 6.45) is -3.09. The van der Waals surface area contributed by atoms with Crippen LogP contribution in [0.3, 0.4) is 0 Å². The molecule has 0 bridgehead atoms. The van der Waals surface area contributed by atoms with Crippen LogP contribution in [0.1, 0.15) is 0 Å². The molecule has 1 aromatic rings. The predicted octanol–water partition coefficient (Wildman–Crippen LogP) is 0.588. The minimum absolute atomic E-state index is 0.378. The SMILES string of the molecule is O=C(Cn1ccsc1=O)NCC(F)(F)F. The predicted molar refractivity (Wildman–Crippen MR) is 47.6 cm³/mol. The van der Waals surface area contributed by atoms with Crippen molar-refractivity contribution in [2.24, 2.45) is 0 Å². The quantitative estimate of drug-likeness (QED) is 0.840. The summed E-state index contributed by atoms with van der Waals surface area (Å²) in [6, 6.07) is 0. The van der Waals surface area contributed by atoms with E-state index in [1.54, 1.807) is 5.32 Å². The third-order valence-electron chi connectivity index (χ3n) is 1.44. The Morgan fingerprint density at radius 1 is 1.53 bits per heavy atom. The first-order valence-corrected chi connectivity index (χ1v) is 4.74. The molecular formula is C7H7F3N2O2S. The van der Waals surface area contributed by atoms with Crippen LogP contribution >= 0.6 is 11.3 Å². The van der Waals surface area contributed by atoms with Gasteiger partial charge in [0, 0.05) is 11.6 Å². The highest BCUT2D eigenvalue weighted by molar-refractivity contribution is 7.07. The maximum atomic E-state index is 11.7. The van der Waals surface area contributed by atoms with Crippen LogP contribution in [0.15, 0.2) is 16.4 Å². The van der Waals surface area contributed by atoms with Gasteiger partial charge in [0.05, 0.1) is 0 Å². The molecule has 1 heterocycles. The molecule has 1 rings (SSSR count). The lowest BCUT2D eigenvalue weighted by Crippen LogP contribution is -2.36. The first kappa shape index (κ1) is 11.8. The molecule has 0 aromatic carbocycles. The molecule has 0 fully saturated rings. The molecule has 0 saturated heterocycles. The molecule has 4 nitrogen and oxygen atoms in total. The molecule has 0 atom stereocenters. The Labute approximate surface area is 86.3 Å². The molecule has 1 amide bonds. The van der Waals surface area contributed by atoms with Crippen LogP contribution < -0.4 is 10.2 Å². The van der Waals surface area contributed by atoms with Gasteiger partial charge in [-0.1, -0.05) is 11.3 Å². The van der Waals surface area contributed by atoms with Crippen molar-refractivity contribution < 1.29 is 18.0 Å². The fourth-order valence-corrected chi connectivity index (χ4v) is 1.40. The summed E-state index contributed by atoms with van der Waals surface area (Å²) >= 11 is 0.875. The summed E-state index contributed by atoms with van der Waals surface area (Å²) in [5.41, 5.74) is 0. The summed E-state index contributed by atoms with van der Waals surface area (Å²) in [5, 5.41) is 3.13. The Hall–Kier alpha value is -1.31. The van der Waals surface area contributed by atoms with E-state index in [0.29, 0.717) is 0 Å². The Bertz CT molecular complexity index is 395. The van der Waals surface area contributed by atoms with Crippen molar-refractivity contribution in [3.63, 3.8) is 0 Å². The Morgan fingerprint density at radius 3 is 2.67 bits per heavy atom. The number of alkyl halides is 3. The topological polar surface area (TPSA) is 51.1 Å². The molecule has 1 aromatic heterocycles. The van der Waals surface area contributed by atoms with Crippen molar-refractivity contribution in [2.45, 2.75) is 12.7 Å². The molecule has 0 aliphatic carbocycles. The summed E-state index contributed by atoms with van der Waals surface area (Å²) in [4.78, 5) is 21.5. The highest BCUT2D eigenvalue weighted by atomic mass is 32.1. The lowest BCUT2D eigenvalue weighted by molar-refractivity contribution is -0.138. The lowest BCUT2D eigenvalue weighted by atomic mass is 10.5. The number of hydrogen-bond donors (Lipinski definition) is 1. The fraction of sp³-hybridized carbons (Fsp3) is 0.429. The van der Waals surface area contributed by atoms with Crippen LogP contribution in [0.2, 0.25) is 0 Å². The van der Waals surface area contributed by atoms with Gasteiger partial charge >= 0.3 is 11.0 Å². The van der Waals surface area contributed by atoms with Crippen molar-refractivity contribution in [1.82, 2.24) is 9.88 Å².